The molecular weight excluding hydrogens is 307 g/mol. The molecule has 22 heavy (non-hydrogen) atoms. The number of amides is 1. The smallest absolute Gasteiger partial charge is 0.241 e. The molecule has 1 aromatic carbocycles. The van der Waals surface area contributed by atoms with Crippen molar-refractivity contribution in [3.05, 3.63) is 47.0 Å². The van der Waals surface area contributed by atoms with E-state index in [4.69, 9.17) is 11.6 Å². The van der Waals surface area contributed by atoms with Crippen molar-refractivity contribution in [3.63, 3.8) is 0 Å². The highest BCUT2D eigenvalue weighted by atomic mass is 35.5. The van der Waals surface area contributed by atoms with Crippen LogP contribution in [0.25, 0.3) is 0 Å². The molecule has 1 aromatic heterocycles. The van der Waals surface area contributed by atoms with Gasteiger partial charge in [-0.15, -0.1) is 0 Å². The number of carbonyl (C=O) groups is 1. The summed E-state index contributed by atoms with van der Waals surface area (Å²) in [6, 6.07) is 3.62. The van der Waals surface area contributed by atoms with Gasteiger partial charge in [0.25, 0.3) is 0 Å². The Balaban J connectivity index is 2.00. The van der Waals surface area contributed by atoms with E-state index in [1.54, 1.807) is 17.8 Å². The highest BCUT2D eigenvalue weighted by Gasteiger charge is 2.19. The van der Waals surface area contributed by atoms with Gasteiger partial charge in [0, 0.05) is 30.4 Å². The molecule has 0 bridgehead atoms. The number of rotatable bonds is 5. The van der Waals surface area contributed by atoms with Gasteiger partial charge in [-0.1, -0.05) is 11.6 Å². The number of aryl methyl sites for hydroxylation is 1. The van der Waals surface area contributed by atoms with E-state index >= 15 is 0 Å². The van der Waals surface area contributed by atoms with Crippen molar-refractivity contribution >= 4 is 23.2 Å². The second kappa shape index (κ2) is 6.89. The van der Waals surface area contributed by atoms with Gasteiger partial charge < -0.3 is 5.32 Å². The SMILES string of the molecule is CC(C(=O)Nc1cc(Cl)ccc1F)N(C)Cc1cnn(C)c1. The van der Waals surface area contributed by atoms with Crippen LogP contribution in [0.3, 0.4) is 0 Å². The third-order valence-corrected chi connectivity index (χ3v) is 3.65. The summed E-state index contributed by atoms with van der Waals surface area (Å²) in [5.74, 6) is -0.813. The van der Waals surface area contributed by atoms with Gasteiger partial charge >= 0.3 is 0 Å². The molecule has 7 heteroatoms. The first-order valence-electron chi connectivity index (χ1n) is 6.80. The highest BCUT2D eigenvalue weighted by molar-refractivity contribution is 6.30. The molecule has 1 unspecified atom stereocenters. The van der Waals surface area contributed by atoms with Gasteiger partial charge in [0.2, 0.25) is 5.91 Å². The van der Waals surface area contributed by atoms with Crippen molar-refractivity contribution < 1.29 is 9.18 Å². The van der Waals surface area contributed by atoms with Crippen LogP contribution in [0, 0.1) is 5.82 Å². The average Bonchev–Trinajstić information content (AvgIpc) is 2.87. The lowest BCUT2D eigenvalue weighted by Crippen LogP contribution is -2.39. The molecule has 0 fully saturated rings. The van der Waals surface area contributed by atoms with Crippen LogP contribution in [0.2, 0.25) is 5.02 Å². The summed E-state index contributed by atoms with van der Waals surface area (Å²) < 4.78 is 15.3. The number of likely N-dealkylation sites (N-methyl/N-ethyl adjacent to an activating group) is 1. The predicted octanol–water partition coefficient (Wildman–Crippen LogP) is 2.67. The number of hydrogen-bond acceptors (Lipinski definition) is 3. The Morgan fingerprint density at radius 3 is 2.91 bits per heavy atom. The van der Waals surface area contributed by atoms with Gasteiger partial charge in [-0.25, -0.2) is 4.39 Å². The topological polar surface area (TPSA) is 50.2 Å². The van der Waals surface area contributed by atoms with Crippen molar-refractivity contribution in [2.24, 2.45) is 7.05 Å². The zero-order valence-corrected chi connectivity index (χ0v) is 13.4. The van der Waals surface area contributed by atoms with Crippen LogP contribution < -0.4 is 5.32 Å². The zero-order chi connectivity index (χ0) is 16.3. The largest absolute Gasteiger partial charge is 0.322 e. The Hall–Kier alpha value is -1.92. The summed E-state index contributed by atoms with van der Waals surface area (Å²) >= 11 is 5.81. The Bertz CT molecular complexity index is 673. The lowest BCUT2D eigenvalue weighted by atomic mass is 10.2. The van der Waals surface area contributed by atoms with E-state index in [2.05, 4.69) is 10.4 Å². The fraction of sp³-hybridized carbons (Fsp3) is 0.333. The molecule has 0 spiro atoms. The van der Waals surface area contributed by atoms with Crippen LogP contribution in [0.15, 0.2) is 30.6 Å². The van der Waals surface area contributed by atoms with Crippen molar-refractivity contribution in [3.8, 4) is 0 Å². The van der Waals surface area contributed by atoms with E-state index < -0.39 is 11.9 Å². The molecule has 0 aliphatic heterocycles. The Morgan fingerprint density at radius 1 is 1.55 bits per heavy atom. The van der Waals surface area contributed by atoms with Crippen molar-refractivity contribution in [1.29, 1.82) is 0 Å². The number of aromatic nitrogens is 2. The van der Waals surface area contributed by atoms with E-state index in [1.165, 1.54) is 18.2 Å². The first-order chi connectivity index (χ1) is 10.4. The minimum absolute atomic E-state index is 0.0825. The number of halogens is 2. The average molecular weight is 325 g/mol. The maximum atomic E-state index is 13.6. The number of benzene rings is 1. The normalized spacial score (nSPS) is 12.5. The molecule has 0 aliphatic rings. The van der Waals surface area contributed by atoms with E-state index in [0.29, 0.717) is 11.6 Å². The van der Waals surface area contributed by atoms with Crippen LogP contribution in [-0.2, 0) is 18.4 Å². The molecule has 0 radical (unpaired) electrons. The lowest BCUT2D eigenvalue weighted by Gasteiger charge is -2.23. The second-order valence-corrected chi connectivity index (χ2v) is 5.66. The van der Waals surface area contributed by atoms with E-state index in [9.17, 15) is 9.18 Å². The van der Waals surface area contributed by atoms with Crippen LogP contribution in [0.5, 0.6) is 0 Å². The van der Waals surface area contributed by atoms with Gasteiger partial charge in [0.15, 0.2) is 0 Å². The van der Waals surface area contributed by atoms with Crippen molar-refractivity contribution in [2.45, 2.75) is 19.5 Å². The van der Waals surface area contributed by atoms with E-state index in [1.807, 2.05) is 25.2 Å². The molecule has 118 valence electrons. The van der Waals surface area contributed by atoms with Crippen molar-refractivity contribution in [1.82, 2.24) is 14.7 Å². The number of nitrogens with zero attached hydrogens (tertiary/aromatic N) is 3. The number of anilines is 1. The second-order valence-electron chi connectivity index (χ2n) is 5.23. The third kappa shape index (κ3) is 4.05. The maximum Gasteiger partial charge on any atom is 0.241 e. The van der Waals surface area contributed by atoms with Crippen LogP contribution in [0.1, 0.15) is 12.5 Å². The van der Waals surface area contributed by atoms with E-state index in [0.717, 1.165) is 5.56 Å². The predicted molar refractivity (Wildman–Crippen MR) is 84.2 cm³/mol. The summed E-state index contributed by atoms with van der Waals surface area (Å²) in [4.78, 5) is 14.1. The number of hydrogen-bond donors (Lipinski definition) is 1. The van der Waals surface area contributed by atoms with Gasteiger partial charge in [0.05, 0.1) is 17.9 Å². The lowest BCUT2D eigenvalue weighted by molar-refractivity contribution is -0.120. The Morgan fingerprint density at radius 2 is 2.27 bits per heavy atom. The first-order valence-corrected chi connectivity index (χ1v) is 7.18. The van der Waals surface area contributed by atoms with Crippen LogP contribution in [-0.4, -0.2) is 33.7 Å². The minimum atomic E-state index is -0.514. The molecule has 2 rings (SSSR count). The van der Waals surface area contributed by atoms with Gasteiger partial charge in [-0.2, -0.15) is 5.10 Å². The molecular formula is C15H18ClFN4O. The third-order valence-electron chi connectivity index (χ3n) is 3.42. The monoisotopic (exact) mass is 324 g/mol. The molecule has 1 atom stereocenters. The van der Waals surface area contributed by atoms with Gasteiger partial charge in [-0.05, 0) is 32.2 Å². The number of carbonyl (C=O) groups excluding carboxylic acids is 1. The molecule has 0 saturated heterocycles. The standard InChI is InChI=1S/C15H18ClFN4O/c1-10(20(2)8-11-7-18-21(3)9-11)15(22)19-14-6-12(16)4-5-13(14)17/h4-7,9-10H,8H2,1-3H3,(H,19,22). The Kier molecular flexibility index (Phi) is 5.15. The molecule has 0 aliphatic carbocycles. The molecule has 1 N–H and O–H groups in total. The molecule has 5 nitrogen and oxygen atoms in total. The summed E-state index contributed by atoms with van der Waals surface area (Å²) in [5, 5.41) is 7.02. The first kappa shape index (κ1) is 16.5. The Labute approximate surface area is 133 Å². The maximum absolute atomic E-state index is 13.6. The van der Waals surface area contributed by atoms with Crippen LogP contribution in [0.4, 0.5) is 10.1 Å². The summed E-state index contributed by atoms with van der Waals surface area (Å²) in [5.41, 5.74) is 1.08. The number of nitrogens with one attached hydrogen (secondary N) is 1. The molecule has 0 saturated carbocycles. The molecule has 1 amide bonds. The zero-order valence-electron chi connectivity index (χ0n) is 12.7. The summed E-state index contributed by atoms with van der Waals surface area (Å²) in [7, 11) is 3.66. The quantitative estimate of drug-likeness (QED) is 0.920. The summed E-state index contributed by atoms with van der Waals surface area (Å²) in [6.45, 7) is 2.33. The minimum Gasteiger partial charge on any atom is -0.322 e. The van der Waals surface area contributed by atoms with Gasteiger partial charge in [-0.3, -0.25) is 14.4 Å². The van der Waals surface area contributed by atoms with E-state index in [-0.39, 0.29) is 11.6 Å². The fourth-order valence-corrected chi connectivity index (χ4v) is 2.18. The molecule has 1 heterocycles. The van der Waals surface area contributed by atoms with Gasteiger partial charge in [0.1, 0.15) is 5.82 Å². The summed E-state index contributed by atoms with van der Waals surface area (Å²) in [6.07, 6.45) is 3.63. The fourth-order valence-electron chi connectivity index (χ4n) is 2.01. The molecule has 2 aromatic rings. The highest BCUT2D eigenvalue weighted by Crippen LogP contribution is 2.20. The van der Waals surface area contributed by atoms with Crippen molar-refractivity contribution in [2.75, 3.05) is 12.4 Å². The van der Waals surface area contributed by atoms with Crippen LogP contribution >= 0.6 is 11.6 Å².